The molecule has 0 unspecified atom stereocenters. The number of carbonyl (C=O) groups is 2. The average molecular weight is 289 g/mol. The molecule has 21 heavy (non-hydrogen) atoms. The molecular formula is C16H23N3O2. The van der Waals surface area contributed by atoms with Crippen LogP contribution >= 0.6 is 0 Å². The highest BCUT2D eigenvalue weighted by molar-refractivity contribution is 5.94. The number of benzene rings is 1. The van der Waals surface area contributed by atoms with Crippen molar-refractivity contribution in [3.05, 3.63) is 35.9 Å². The minimum Gasteiger partial charge on any atom is -0.355 e. The van der Waals surface area contributed by atoms with Crippen molar-refractivity contribution in [3.8, 4) is 0 Å². The van der Waals surface area contributed by atoms with Gasteiger partial charge in [0.15, 0.2) is 0 Å². The molecule has 0 atom stereocenters. The van der Waals surface area contributed by atoms with Crippen LogP contribution in [-0.2, 0) is 4.79 Å². The maximum absolute atomic E-state index is 12.3. The summed E-state index contributed by atoms with van der Waals surface area (Å²) in [4.78, 5) is 27.6. The molecule has 5 heteroatoms. The highest BCUT2D eigenvalue weighted by Gasteiger charge is 2.21. The third-order valence-corrected chi connectivity index (χ3v) is 3.75. The number of hydrogen-bond acceptors (Lipinski definition) is 3. The van der Waals surface area contributed by atoms with Gasteiger partial charge in [0, 0.05) is 51.3 Å². The van der Waals surface area contributed by atoms with E-state index >= 15 is 0 Å². The standard InChI is InChI=1S/C16H23N3O2/c1-2-15(20)17-8-9-18-10-12-19(13-11-18)16(21)14-6-4-3-5-7-14/h3-7H,2,8-13H2,1H3,(H,17,20). The van der Waals surface area contributed by atoms with E-state index in [-0.39, 0.29) is 11.8 Å². The summed E-state index contributed by atoms with van der Waals surface area (Å²) in [5.41, 5.74) is 0.751. The first-order chi connectivity index (χ1) is 10.2. The van der Waals surface area contributed by atoms with Gasteiger partial charge in [0.25, 0.3) is 5.91 Å². The van der Waals surface area contributed by atoms with E-state index in [0.29, 0.717) is 13.0 Å². The molecule has 1 N–H and O–H groups in total. The third-order valence-electron chi connectivity index (χ3n) is 3.75. The van der Waals surface area contributed by atoms with Crippen LogP contribution in [-0.4, -0.2) is 60.9 Å². The Morgan fingerprint density at radius 3 is 2.38 bits per heavy atom. The van der Waals surface area contributed by atoms with Crippen molar-refractivity contribution in [3.63, 3.8) is 0 Å². The van der Waals surface area contributed by atoms with E-state index in [1.54, 1.807) is 0 Å². The van der Waals surface area contributed by atoms with Crippen LogP contribution in [0.2, 0.25) is 0 Å². The second-order valence-electron chi connectivity index (χ2n) is 5.20. The largest absolute Gasteiger partial charge is 0.355 e. The van der Waals surface area contributed by atoms with Gasteiger partial charge in [-0.05, 0) is 12.1 Å². The summed E-state index contributed by atoms with van der Waals surface area (Å²) in [6.07, 6.45) is 0.527. The number of amides is 2. The first kappa shape index (κ1) is 15.5. The van der Waals surface area contributed by atoms with Gasteiger partial charge in [-0.3, -0.25) is 14.5 Å². The summed E-state index contributed by atoms with van der Waals surface area (Å²) in [6.45, 7) is 6.59. The Hall–Kier alpha value is -1.88. The molecule has 1 fully saturated rings. The van der Waals surface area contributed by atoms with E-state index in [4.69, 9.17) is 0 Å². The topological polar surface area (TPSA) is 52.7 Å². The lowest BCUT2D eigenvalue weighted by Gasteiger charge is -2.34. The molecule has 0 saturated carbocycles. The van der Waals surface area contributed by atoms with Crippen molar-refractivity contribution in [1.82, 2.24) is 15.1 Å². The van der Waals surface area contributed by atoms with Gasteiger partial charge in [-0.1, -0.05) is 25.1 Å². The van der Waals surface area contributed by atoms with Gasteiger partial charge in [0.2, 0.25) is 5.91 Å². The summed E-state index contributed by atoms with van der Waals surface area (Å²) in [5.74, 6) is 0.197. The molecule has 1 heterocycles. The van der Waals surface area contributed by atoms with Crippen LogP contribution in [0.25, 0.3) is 0 Å². The van der Waals surface area contributed by atoms with Crippen LogP contribution in [0, 0.1) is 0 Å². The minimum absolute atomic E-state index is 0.0906. The number of carbonyl (C=O) groups excluding carboxylic acids is 2. The van der Waals surface area contributed by atoms with E-state index in [2.05, 4.69) is 10.2 Å². The fourth-order valence-electron chi connectivity index (χ4n) is 2.42. The molecule has 0 bridgehead atoms. The zero-order valence-corrected chi connectivity index (χ0v) is 12.5. The van der Waals surface area contributed by atoms with Crippen molar-refractivity contribution < 1.29 is 9.59 Å². The summed E-state index contributed by atoms with van der Waals surface area (Å²) >= 11 is 0. The molecule has 1 aromatic rings. The minimum atomic E-state index is 0.0906. The van der Waals surface area contributed by atoms with E-state index in [0.717, 1.165) is 38.3 Å². The Balaban J connectivity index is 1.73. The molecule has 1 saturated heterocycles. The van der Waals surface area contributed by atoms with Gasteiger partial charge in [-0.15, -0.1) is 0 Å². The Labute approximate surface area is 125 Å². The SMILES string of the molecule is CCC(=O)NCCN1CCN(C(=O)c2ccccc2)CC1. The summed E-state index contributed by atoms with van der Waals surface area (Å²) in [7, 11) is 0. The number of nitrogens with one attached hydrogen (secondary N) is 1. The van der Waals surface area contributed by atoms with Gasteiger partial charge >= 0.3 is 0 Å². The van der Waals surface area contributed by atoms with Crippen molar-refractivity contribution in [1.29, 1.82) is 0 Å². The molecule has 1 aromatic carbocycles. The van der Waals surface area contributed by atoms with Crippen LogP contribution < -0.4 is 5.32 Å². The van der Waals surface area contributed by atoms with Crippen molar-refractivity contribution in [2.45, 2.75) is 13.3 Å². The van der Waals surface area contributed by atoms with Gasteiger partial charge in [0.05, 0.1) is 0 Å². The molecule has 2 rings (SSSR count). The molecule has 1 aliphatic rings. The Bertz CT molecular complexity index is 468. The lowest BCUT2D eigenvalue weighted by atomic mass is 10.2. The predicted octanol–water partition coefficient (Wildman–Crippen LogP) is 0.971. The predicted molar refractivity (Wildman–Crippen MR) is 82.1 cm³/mol. The quantitative estimate of drug-likeness (QED) is 0.879. The smallest absolute Gasteiger partial charge is 0.253 e. The fourth-order valence-corrected chi connectivity index (χ4v) is 2.42. The molecular weight excluding hydrogens is 266 g/mol. The molecule has 0 aliphatic carbocycles. The second kappa shape index (κ2) is 7.78. The Morgan fingerprint density at radius 1 is 1.10 bits per heavy atom. The third kappa shape index (κ3) is 4.56. The molecule has 114 valence electrons. The Morgan fingerprint density at radius 2 is 1.76 bits per heavy atom. The summed E-state index contributed by atoms with van der Waals surface area (Å²) in [5, 5.41) is 2.88. The molecule has 2 amide bonds. The molecule has 5 nitrogen and oxygen atoms in total. The van der Waals surface area contributed by atoms with Crippen LogP contribution in [0.1, 0.15) is 23.7 Å². The molecule has 0 radical (unpaired) electrons. The first-order valence-corrected chi connectivity index (χ1v) is 7.54. The first-order valence-electron chi connectivity index (χ1n) is 7.54. The number of hydrogen-bond donors (Lipinski definition) is 1. The maximum atomic E-state index is 12.3. The van der Waals surface area contributed by atoms with Crippen molar-refractivity contribution >= 4 is 11.8 Å². The zero-order valence-electron chi connectivity index (χ0n) is 12.5. The van der Waals surface area contributed by atoms with Crippen LogP contribution in [0.3, 0.4) is 0 Å². The van der Waals surface area contributed by atoms with Crippen LogP contribution in [0.4, 0.5) is 0 Å². The number of piperazine rings is 1. The average Bonchev–Trinajstić information content (AvgIpc) is 2.55. The Kier molecular flexibility index (Phi) is 5.75. The van der Waals surface area contributed by atoms with Gasteiger partial charge in [0.1, 0.15) is 0 Å². The van der Waals surface area contributed by atoms with E-state index < -0.39 is 0 Å². The molecule has 0 aromatic heterocycles. The van der Waals surface area contributed by atoms with Crippen molar-refractivity contribution in [2.75, 3.05) is 39.3 Å². The van der Waals surface area contributed by atoms with Crippen molar-refractivity contribution in [2.24, 2.45) is 0 Å². The van der Waals surface area contributed by atoms with Gasteiger partial charge in [-0.2, -0.15) is 0 Å². The normalized spacial score (nSPS) is 15.8. The molecule has 0 spiro atoms. The van der Waals surface area contributed by atoms with Gasteiger partial charge in [-0.25, -0.2) is 0 Å². The highest BCUT2D eigenvalue weighted by Crippen LogP contribution is 2.08. The molecule has 1 aliphatic heterocycles. The zero-order chi connectivity index (χ0) is 15.1. The lowest BCUT2D eigenvalue weighted by molar-refractivity contribution is -0.120. The van der Waals surface area contributed by atoms with Crippen LogP contribution in [0.15, 0.2) is 30.3 Å². The second-order valence-corrected chi connectivity index (χ2v) is 5.20. The van der Waals surface area contributed by atoms with E-state index in [9.17, 15) is 9.59 Å². The van der Waals surface area contributed by atoms with Crippen LogP contribution in [0.5, 0.6) is 0 Å². The summed E-state index contributed by atoms with van der Waals surface area (Å²) < 4.78 is 0. The van der Waals surface area contributed by atoms with E-state index in [1.807, 2.05) is 42.2 Å². The number of rotatable bonds is 5. The number of nitrogens with zero attached hydrogens (tertiary/aromatic N) is 2. The monoisotopic (exact) mass is 289 g/mol. The lowest BCUT2D eigenvalue weighted by Crippen LogP contribution is -2.50. The summed E-state index contributed by atoms with van der Waals surface area (Å²) in [6, 6.07) is 9.41. The maximum Gasteiger partial charge on any atom is 0.253 e. The van der Waals surface area contributed by atoms with Gasteiger partial charge < -0.3 is 10.2 Å². The highest BCUT2D eigenvalue weighted by atomic mass is 16.2. The fraction of sp³-hybridized carbons (Fsp3) is 0.500. The van der Waals surface area contributed by atoms with E-state index in [1.165, 1.54) is 0 Å².